The molecular formula is C21H22N4O3S. The van der Waals surface area contributed by atoms with Gasteiger partial charge in [-0.15, -0.1) is 5.10 Å². The molecule has 1 aliphatic rings. The third-order valence-corrected chi connectivity index (χ3v) is 5.56. The predicted molar refractivity (Wildman–Crippen MR) is 110 cm³/mol. The van der Waals surface area contributed by atoms with E-state index in [1.165, 1.54) is 0 Å². The van der Waals surface area contributed by atoms with E-state index in [4.69, 9.17) is 9.15 Å². The van der Waals surface area contributed by atoms with Crippen LogP contribution in [0, 0.1) is 0 Å². The van der Waals surface area contributed by atoms with Gasteiger partial charge in [-0.1, -0.05) is 49.0 Å². The molecule has 3 aromatic rings. The molecule has 1 aromatic carbocycles. The number of carbonyl (C=O) groups is 1. The molecule has 0 amide bonds. The molecule has 1 N–H and O–H groups in total. The summed E-state index contributed by atoms with van der Waals surface area (Å²) >= 11 is 1.58. The Labute approximate surface area is 173 Å². The van der Waals surface area contributed by atoms with Crippen LogP contribution in [-0.2, 0) is 16.1 Å². The second-order valence-corrected chi connectivity index (χ2v) is 7.72. The van der Waals surface area contributed by atoms with Crippen molar-refractivity contribution in [2.45, 2.75) is 38.1 Å². The van der Waals surface area contributed by atoms with Crippen LogP contribution in [0.25, 0.3) is 0 Å². The molecule has 2 aromatic heterocycles. The number of esters is 1. The maximum Gasteiger partial charge on any atom is 0.338 e. The number of carbonyl (C=O) groups excluding carboxylic acids is 1. The zero-order valence-corrected chi connectivity index (χ0v) is 17.1. The molecule has 0 radical (unpaired) electrons. The van der Waals surface area contributed by atoms with E-state index in [1.54, 1.807) is 28.8 Å². The third-order valence-electron chi connectivity index (χ3n) is 4.51. The highest BCUT2D eigenvalue weighted by Crippen LogP contribution is 2.37. The van der Waals surface area contributed by atoms with Crippen molar-refractivity contribution >= 4 is 23.7 Å². The summed E-state index contributed by atoms with van der Waals surface area (Å²) < 4.78 is 13.0. The monoisotopic (exact) mass is 410 g/mol. The minimum atomic E-state index is -0.534. The van der Waals surface area contributed by atoms with Gasteiger partial charge in [0.1, 0.15) is 18.4 Å². The van der Waals surface area contributed by atoms with Gasteiger partial charge < -0.3 is 14.5 Å². The van der Waals surface area contributed by atoms with Gasteiger partial charge in [0.15, 0.2) is 0 Å². The number of allylic oxidation sites excluding steroid dienone is 1. The molecule has 1 unspecified atom stereocenters. The lowest BCUT2D eigenvalue weighted by atomic mass is 10.0. The van der Waals surface area contributed by atoms with Crippen molar-refractivity contribution in [2.24, 2.45) is 0 Å². The van der Waals surface area contributed by atoms with Crippen LogP contribution in [0.15, 0.2) is 69.6 Å². The Balaban J connectivity index is 1.64. The first kappa shape index (κ1) is 19.3. The van der Waals surface area contributed by atoms with E-state index in [9.17, 15) is 4.79 Å². The molecule has 0 saturated carbocycles. The molecular weight excluding hydrogens is 388 g/mol. The third kappa shape index (κ3) is 4.07. The van der Waals surface area contributed by atoms with E-state index in [0.717, 1.165) is 17.7 Å². The van der Waals surface area contributed by atoms with Crippen molar-refractivity contribution in [1.29, 1.82) is 0 Å². The highest BCUT2D eigenvalue weighted by atomic mass is 32.2. The Hall–Kier alpha value is -3.00. The second-order valence-electron chi connectivity index (χ2n) is 6.65. The van der Waals surface area contributed by atoms with Gasteiger partial charge in [0.2, 0.25) is 11.1 Å². The molecule has 3 heterocycles. The number of fused-ring (bicyclic) bond motifs is 1. The van der Waals surface area contributed by atoms with Gasteiger partial charge in [-0.05, 0) is 31.0 Å². The van der Waals surface area contributed by atoms with E-state index in [-0.39, 0.29) is 6.61 Å². The number of furan rings is 1. The standard InChI is InChI=1S/C21H22N4O3S/c1-3-12-29-21-23-20-22-14(2)17(18(25(20)24-21)16-10-7-11-27-16)19(26)28-13-15-8-5-4-6-9-15/h4-11,18H,3,12-13H2,1-2H3,(H,22,23,24). The van der Waals surface area contributed by atoms with Crippen molar-refractivity contribution in [1.82, 2.24) is 14.8 Å². The average Bonchev–Trinajstić information content (AvgIpc) is 3.40. The zero-order chi connectivity index (χ0) is 20.2. The lowest BCUT2D eigenvalue weighted by Crippen LogP contribution is -2.29. The predicted octanol–water partition coefficient (Wildman–Crippen LogP) is 4.41. The Morgan fingerprint density at radius 1 is 1.28 bits per heavy atom. The van der Waals surface area contributed by atoms with E-state index in [0.29, 0.717) is 28.1 Å². The molecule has 29 heavy (non-hydrogen) atoms. The van der Waals surface area contributed by atoms with Gasteiger partial charge in [0.25, 0.3) is 0 Å². The molecule has 1 atom stereocenters. The molecule has 0 saturated heterocycles. The van der Waals surface area contributed by atoms with E-state index < -0.39 is 12.0 Å². The maximum absolute atomic E-state index is 13.0. The van der Waals surface area contributed by atoms with Crippen LogP contribution in [0.3, 0.4) is 0 Å². The summed E-state index contributed by atoms with van der Waals surface area (Å²) in [5.41, 5.74) is 2.06. The minimum absolute atomic E-state index is 0.198. The van der Waals surface area contributed by atoms with Crippen LogP contribution >= 0.6 is 11.8 Å². The number of nitrogens with one attached hydrogen (secondary N) is 1. The molecule has 150 valence electrons. The number of rotatable bonds is 7. The summed E-state index contributed by atoms with van der Waals surface area (Å²) in [7, 11) is 0. The summed E-state index contributed by atoms with van der Waals surface area (Å²) in [5.74, 6) is 1.70. The molecule has 0 aliphatic carbocycles. The van der Waals surface area contributed by atoms with Gasteiger partial charge in [-0.25, -0.2) is 9.48 Å². The first-order valence-electron chi connectivity index (χ1n) is 9.49. The maximum atomic E-state index is 13.0. The van der Waals surface area contributed by atoms with Crippen molar-refractivity contribution in [2.75, 3.05) is 11.1 Å². The minimum Gasteiger partial charge on any atom is -0.467 e. The van der Waals surface area contributed by atoms with Crippen LogP contribution in [-0.4, -0.2) is 26.5 Å². The highest BCUT2D eigenvalue weighted by molar-refractivity contribution is 7.99. The van der Waals surface area contributed by atoms with Crippen LogP contribution in [0.2, 0.25) is 0 Å². The lowest BCUT2D eigenvalue weighted by molar-refractivity contribution is -0.140. The van der Waals surface area contributed by atoms with Gasteiger partial charge >= 0.3 is 5.97 Å². The number of aromatic nitrogens is 3. The van der Waals surface area contributed by atoms with Crippen LogP contribution in [0.1, 0.15) is 37.6 Å². The summed E-state index contributed by atoms with van der Waals surface area (Å²) in [6.45, 7) is 4.15. The molecule has 8 heteroatoms. The highest BCUT2D eigenvalue weighted by Gasteiger charge is 2.36. The van der Waals surface area contributed by atoms with Crippen LogP contribution in [0.5, 0.6) is 0 Å². The first-order chi connectivity index (χ1) is 14.2. The molecule has 0 fully saturated rings. The Morgan fingerprint density at radius 2 is 2.10 bits per heavy atom. The van der Waals surface area contributed by atoms with Crippen molar-refractivity contribution in [3.63, 3.8) is 0 Å². The number of benzene rings is 1. The van der Waals surface area contributed by atoms with Crippen molar-refractivity contribution in [3.8, 4) is 0 Å². The second kappa shape index (κ2) is 8.57. The van der Waals surface area contributed by atoms with Gasteiger partial charge in [-0.3, -0.25) is 0 Å². The van der Waals surface area contributed by atoms with E-state index >= 15 is 0 Å². The molecule has 0 spiro atoms. The Kier molecular flexibility index (Phi) is 5.71. The average molecular weight is 410 g/mol. The van der Waals surface area contributed by atoms with Crippen molar-refractivity contribution in [3.05, 3.63) is 71.3 Å². The van der Waals surface area contributed by atoms with Crippen molar-refractivity contribution < 1.29 is 13.9 Å². The molecule has 7 nitrogen and oxygen atoms in total. The number of hydrogen-bond donors (Lipinski definition) is 1. The molecule has 4 rings (SSSR count). The number of ether oxygens (including phenoxy) is 1. The Morgan fingerprint density at radius 3 is 2.83 bits per heavy atom. The topological polar surface area (TPSA) is 82.2 Å². The van der Waals surface area contributed by atoms with E-state index in [2.05, 4.69) is 22.3 Å². The summed E-state index contributed by atoms with van der Waals surface area (Å²) in [5, 5.41) is 8.47. The van der Waals surface area contributed by atoms with Crippen LogP contribution in [0.4, 0.5) is 5.95 Å². The number of hydrogen-bond acceptors (Lipinski definition) is 7. The fraction of sp³-hybridized carbons (Fsp3) is 0.286. The smallest absolute Gasteiger partial charge is 0.338 e. The van der Waals surface area contributed by atoms with Gasteiger partial charge in [0, 0.05) is 11.4 Å². The Bertz CT molecular complexity index is 1010. The van der Waals surface area contributed by atoms with Gasteiger partial charge in [0.05, 0.1) is 11.8 Å². The first-order valence-corrected chi connectivity index (χ1v) is 10.5. The van der Waals surface area contributed by atoms with Crippen LogP contribution < -0.4 is 5.32 Å². The fourth-order valence-electron chi connectivity index (χ4n) is 3.16. The number of anilines is 1. The summed E-state index contributed by atoms with van der Waals surface area (Å²) in [4.78, 5) is 17.6. The molecule has 1 aliphatic heterocycles. The SMILES string of the molecule is CCCSc1nc2n(n1)C(c1ccco1)C(C(=O)OCc1ccccc1)=C(C)N2. The van der Waals surface area contributed by atoms with E-state index in [1.807, 2.05) is 43.3 Å². The summed E-state index contributed by atoms with van der Waals surface area (Å²) in [6.07, 6.45) is 2.61. The zero-order valence-electron chi connectivity index (χ0n) is 16.3. The number of nitrogens with zero attached hydrogens (tertiary/aromatic N) is 3. The summed E-state index contributed by atoms with van der Waals surface area (Å²) in [6, 6.07) is 12.7. The number of thioether (sulfide) groups is 1. The largest absolute Gasteiger partial charge is 0.467 e. The normalized spacial score (nSPS) is 15.7. The lowest BCUT2D eigenvalue weighted by Gasteiger charge is -2.26. The molecule has 0 bridgehead atoms. The fourth-order valence-corrected chi connectivity index (χ4v) is 3.84. The quantitative estimate of drug-likeness (QED) is 0.456. The van der Waals surface area contributed by atoms with Gasteiger partial charge in [-0.2, -0.15) is 4.98 Å².